The Hall–Kier alpha value is -5.15. The van der Waals surface area contributed by atoms with Gasteiger partial charge in [0, 0.05) is 44.8 Å². The number of alkyl halides is 3. The Balaban J connectivity index is 1.65. The minimum absolute atomic E-state index is 0.00292. The molecule has 0 aliphatic heterocycles. The van der Waals surface area contributed by atoms with Gasteiger partial charge in [-0.2, -0.15) is 18.3 Å². The van der Waals surface area contributed by atoms with Gasteiger partial charge in [0.05, 0.1) is 17.8 Å². The number of nitrogens with one attached hydrogen (secondary N) is 6. The standard InChI is InChI=1S/C30H40F3N9O4/c1-29(2,3)46-28(45)41-16-21-8-6-7-20(13-21)15-39-26(43)24(34)18-36-10-4-5-11-37-19-25(42-35)27(44)40-17-23-14-22(9-12-38-23)30(31,32)33/h6-9,12-14,18-19,35-37H,4-5,10-11,15-17,34H2,1-3H3,(H,39,43)(H,40,44)(H,41,45)/b24-18-,25-19-,42-35?. The maximum absolute atomic E-state index is 12.8. The highest BCUT2D eigenvalue weighted by atomic mass is 19.4. The van der Waals surface area contributed by atoms with Crippen LogP contribution in [0.2, 0.25) is 0 Å². The van der Waals surface area contributed by atoms with Gasteiger partial charge in [0.15, 0.2) is 5.70 Å². The van der Waals surface area contributed by atoms with Crippen molar-refractivity contribution in [1.29, 1.82) is 5.53 Å². The van der Waals surface area contributed by atoms with Crippen LogP contribution >= 0.6 is 0 Å². The van der Waals surface area contributed by atoms with Crippen LogP contribution in [-0.2, 0) is 40.1 Å². The summed E-state index contributed by atoms with van der Waals surface area (Å²) in [4.78, 5) is 40.2. The minimum Gasteiger partial charge on any atom is -0.444 e. The van der Waals surface area contributed by atoms with Gasteiger partial charge < -0.3 is 37.1 Å². The number of carbonyl (C=O) groups is 3. The third kappa shape index (κ3) is 14.5. The molecule has 8 N–H and O–H groups in total. The van der Waals surface area contributed by atoms with Crippen LogP contribution in [-0.4, -0.2) is 41.6 Å². The van der Waals surface area contributed by atoms with Crippen molar-refractivity contribution in [3.63, 3.8) is 0 Å². The number of ether oxygens (including phenoxy) is 1. The normalized spacial score (nSPS) is 12.1. The van der Waals surface area contributed by atoms with Crippen LogP contribution in [0, 0.1) is 5.53 Å². The number of nitrogens with zero attached hydrogens (tertiary/aromatic N) is 2. The number of hydrogen-bond donors (Lipinski definition) is 7. The molecule has 0 spiro atoms. The molecule has 1 heterocycles. The van der Waals surface area contributed by atoms with Crippen LogP contribution in [0.4, 0.5) is 18.0 Å². The fourth-order valence-corrected chi connectivity index (χ4v) is 3.65. The van der Waals surface area contributed by atoms with E-state index in [1.807, 2.05) is 24.3 Å². The van der Waals surface area contributed by atoms with Crippen LogP contribution in [0.3, 0.4) is 0 Å². The highest BCUT2D eigenvalue weighted by Crippen LogP contribution is 2.29. The lowest BCUT2D eigenvalue weighted by Crippen LogP contribution is -2.32. The zero-order valence-electron chi connectivity index (χ0n) is 25.9. The molecule has 1 aromatic carbocycles. The number of nitrogens with two attached hydrogens (primary N) is 1. The van der Waals surface area contributed by atoms with Crippen molar-refractivity contribution in [3.05, 3.63) is 88.8 Å². The number of alkyl carbamates (subject to hydrolysis) is 1. The molecule has 250 valence electrons. The van der Waals surface area contributed by atoms with E-state index in [-0.39, 0.29) is 36.7 Å². The number of hydrogen-bond acceptors (Lipinski definition) is 10. The Morgan fingerprint density at radius 3 is 2.13 bits per heavy atom. The van der Waals surface area contributed by atoms with Gasteiger partial charge in [-0.25, -0.2) is 10.3 Å². The number of carbonyl (C=O) groups excluding carboxylic acids is 3. The summed E-state index contributed by atoms with van der Waals surface area (Å²) in [5.74, 6) is -1.20. The summed E-state index contributed by atoms with van der Waals surface area (Å²) >= 11 is 0. The van der Waals surface area contributed by atoms with Gasteiger partial charge in [-0.1, -0.05) is 24.3 Å². The topological polar surface area (TPSA) is 196 Å². The zero-order valence-corrected chi connectivity index (χ0v) is 25.9. The van der Waals surface area contributed by atoms with Crippen LogP contribution in [0.25, 0.3) is 0 Å². The average molecular weight is 648 g/mol. The van der Waals surface area contributed by atoms with Crippen molar-refractivity contribution < 1.29 is 32.3 Å². The summed E-state index contributed by atoms with van der Waals surface area (Å²) in [5.41, 5.74) is 13.0. The summed E-state index contributed by atoms with van der Waals surface area (Å²) in [5, 5.41) is 16.8. The van der Waals surface area contributed by atoms with Crippen molar-refractivity contribution in [2.75, 3.05) is 13.1 Å². The highest BCUT2D eigenvalue weighted by Gasteiger charge is 2.30. The Morgan fingerprint density at radius 1 is 0.913 bits per heavy atom. The predicted octanol–water partition coefficient (Wildman–Crippen LogP) is 3.69. The van der Waals surface area contributed by atoms with Gasteiger partial charge >= 0.3 is 12.3 Å². The molecule has 0 bridgehead atoms. The van der Waals surface area contributed by atoms with Crippen molar-refractivity contribution in [2.24, 2.45) is 10.8 Å². The van der Waals surface area contributed by atoms with Crippen LogP contribution < -0.4 is 32.3 Å². The Morgan fingerprint density at radius 2 is 1.52 bits per heavy atom. The van der Waals surface area contributed by atoms with E-state index in [1.165, 1.54) is 12.4 Å². The van der Waals surface area contributed by atoms with E-state index in [4.69, 9.17) is 16.0 Å². The molecule has 16 heteroatoms. The number of benzene rings is 1. The molecule has 0 unspecified atom stereocenters. The number of rotatable bonds is 16. The van der Waals surface area contributed by atoms with Crippen molar-refractivity contribution in [2.45, 2.75) is 65.0 Å². The molecule has 0 aliphatic carbocycles. The SMILES string of the molecule is CC(C)(C)OC(=O)NCc1cccc(CNC(=O)/C(N)=C/NCCCCN/C=C(\N=N)C(=O)NCc2cc(C(F)(F)F)ccn2)c1. The first kappa shape index (κ1) is 37.0. The Kier molecular flexibility index (Phi) is 14.5. The summed E-state index contributed by atoms with van der Waals surface area (Å²) in [6.07, 6.45) is -0.0603. The van der Waals surface area contributed by atoms with Crippen molar-refractivity contribution >= 4 is 17.9 Å². The van der Waals surface area contributed by atoms with Gasteiger partial charge in [0.25, 0.3) is 11.8 Å². The molecule has 46 heavy (non-hydrogen) atoms. The summed E-state index contributed by atoms with van der Waals surface area (Å²) in [6.45, 7) is 6.53. The van der Waals surface area contributed by atoms with E-state index in [9.17, 15) is 27.6 Å². The lowest BCUT2D eigenvalue weighted by atomic mass is 10.1. The summed E-state index contributed by atoms with van der Waals surface area (Å²) in [6, 6.07) is 9.02. The Labute approximate surface area is 265 Å². The van der Waals surface area contributed by atoms with Gasteiger partial charge in [0.1, 0.15) is 11.3 Å². The summed E-state index contributed by atoms with van der Waals surface area (Å²) in [7, 11) is 0. The molecule has 0 aliphatic rings. The molecule has 0 saturated heterocycles. The third-order valence-electron chi connectivity index (χ3n) is 5.86. The molecular formula is C30H40F3N9O4. The second kappa shape index (κ2) is 18.0. The number of aromatic nitrogens is 1. The van der Waals surface area contributed by atoms with Crippen LogP contribution in [0.15, 0.2) is 71.5 Å². The van der Waals surface area contributed by atoms with E-state index >= 15 is 0 Å². The fraction of sp³-hybridized carbons (Fsp3) is 0.400. The number of unbranched alkanes of at least 4 members (excludes halogenated alkanes) is 1. The molecule has 0 fully saturated rings. The number of pyridine rings is 1. The van der Waals surface area contributed by atoms with E-state index in [0.717, 1.165) is 29.5 Å². The summed E-state index contributed by atoms with van der Waals surface area (Å²) < 4.78 is 43.7. The highest BCUT2D eigenvalue weighted by molar-refractivity contribution is 5.92. The molecule has 13 nitrogen and oxygen atoms in total. The minimum atomic E-state index is -4.53. The molecule has 0 saturated carbocycles. The zero-order chi connectivity index (χ0) is 34.2. The second-order valence-corrected chi connectivity index (χ2v) is 10.9. The molecule has 0 atom stereocenters. The third-order valence-corrected chi connectivity index (χ3v) is 5.86. The lowest BCUT2D eigenvalue weighted by Gasteiger charge is -2.19. The Bertz CT molecular complexity index is 1410. The molecular weight excluding hydrogens is 607 g/mol. The smallest absolute Gasteiger partial charge is 0.416 e. The van der Waals surface area contributed by atoms with E-state index in [1.54, 1.807) is 20.8 Å². The van der Waals surface area contributed by atoms with Crippen molar-refractivity contribution in [3.8, 4) is 0 Å². The van der Waals surface area contributed by atoms with Crippen molar-refractivity contribution in [1.82, 2.24) is 31.6 Å². The quantitative estimate of drug-likeness (QED) is 0.0814. The average Bonchev–Trinajstić information content (AvgIpc) is 2.99. The van der Waals surface area contributed by atoms with Crippen LogP contribution in [0.1, 0.15) is 56.0 Å². The molecule has 1 aromatic heterocycles. The fourth-order valence-electron chi connectivity index (χ4n) is 3.65. The van der Waals surface area contributed by atoms with Gasteiger partial charge in [-0.05, 0) is 56.9 Å². The monoisotopic (exact) mass is 647 g/mol. The first-order chi connectivity index (χ1) is 21.7. The van der Waals surface area contributed by atoms with E-state index < -0.39 is 35.2 Å². The molecule has 3 amide bonds. The molecule has 0 radical (unpaired) electrons. The maximum atomic E-state index is 12.8. The van der Waals surface area contributed by atoms with Crippen LogP contribution in [0.5, 0.6) is 0 Å². The second-order valence-electron chi connectivity index (χ2n) is 10.9. The van der Waals surface area contributed by atoms with Gasteiger partial charge in [0.2, 0.25) is 0 Å². The van der Waals surface area contributed by atoms with E-state index in [2.05, 4.69) is 36.7 Å². The number of halogens is 3. The number of amides is 3. The van der Waals surface area contributed by atoms with Gasteiger partial charge in [-0.3, -0.25) is 14.6 Å². The predicted molar refractivity (Wildman–Crippen MR) is 163 cm³/mol. The maximum Gasteiger partial charge on any atom is 0.416 e. The lowest BCUT2D eigenvalue weighted by molar-refractivity contribution is -0.137. The van der Waals surface area contributed by atoms with E-state index in [0.29, 0.717) is 25.9 Å². The molecule has 2 aromatic rings. The largest absolute Gasteiger partial charge is 0.444 e. The first-order valence-corrected chi connectivity index (χ1v) is 14.3. The molecule has 2 rings (SSSR count). The van der Waals surface area contributed by atoms with Gasteiger partial charge in [-0.15, -0.1) is 0 Å². The first-order valence-electron chi connectivity index (χ1n) is 14.3.